The maximum Gasteiger partial charge on any atom is 0.123 e. The summed E-state index contributed by atoms with van der Waals surface area (Å²) in [5, 5.41) is 0. The lowest BCUT2D eigenvalue weighted by Crippen LogP contribution is -2.38. The van der Waals surface area contributed by atoms with Gasteiger partial charge in [0.25, 0.3) is 0 Å². The number of rotatable bonds is 7. The molecule has 1 aromatic rings. The smallest absolute Gasteiger partial charge is 0.123 e. The van der Waals surface area contributed by atoms with Crippen LogP contribution in [0, 0.1) is 5.82 Å². The maximum absolute atomic E-state index is 13.1. The third kappa shape index (κ3) is 4.67. The molecule has 6 nitrogen and oxygen atoms in total. The van der Waals surface area contributed by atoms with E-state index in [9.17, 15) is 4.39 Å². The largest absolute Gasteiger partial charge is 0.381 e. The second-order valence-corrected chi connectivity index (χ2v) is 6.70. The van der Waals surface area contributed by atoms with Gasteiger partial charge in [-0.25, -0.2) is 4.39 Å². The molecule has 0 aliphatic carbocycles. The molecule has 0 bridgehead atoms. The van der Waals surface area contributed by atoms with Crippen molar-refractivity contribution >= 4 is 12.4 Å². The van der Waals surface area contributed by atoms with Crippen molar-refractivity contribution in [3.8, 4) is 0 Å². The molecule has 2 aliphatic rings. The Kier molecular flexibility index (Phi) is 6.73. The van der Waals surface area contributed by atoms with Gasteiger partial charge in [-0.3, -0.25) is 15.7 Å². The molecule has 0 amide bonds. The van der Waals surface area contributed by atoms with E-state index in [4.69, 9.17) is 15.3 Å². The maximum atomic E-state index is 13.1. The summed E-state index contributed by atoms with van der Waals surface area (Å²) in [7, 11) is 0. The first-order chi connectivity index (χ1) is 12.7. The van der Waals surface area contributed by atoms with Crippen LogP contribution in [0.4, 0.5) is 4.39 Å². The van der Waals surface area contributed by atoms with Gasteiger partial charge in [-0.2, -0.15) is 0 Å². The molecule has 2 heterocycles. The second kappa shape index (κ2) is 9.23. The summed E-state index contributed by atoms with van der Waals surface area (Å²) in [4.78, 5) is 6.55. The van der Waals surface area contributed by atoms with E-state index in [2.05, 4.69) is 22.0 Å². The lowest BCUT2D eigenvalue weighted by Gasteiger charge is -2.30. The van der Waals surface area contributed by atoms with Gasteiger partial charge < -0.3 is 14.9 Å². The first kappa shape index (κ1) is 19.0. The van der Waals surface area contributed by atoms with Crippen molar-refractivity contribution in [3.05, 3.63) is 41.3 Å². The van der Waals surface area contributed by atoms with E-state index in [1.54, 1.807) is 12.1 Å². The van der Waals surface area contributed by atoms with Gasteiger partial charge in [0.1, 0.15) is 5.82 Å². The predicted molar refractivity (Wildman–Crippen MR) is 100.0 cm³/mol. The Balaban J connectivity index is 1.59. The van der Waals surface area contributed by atoms with Gasteiger partial charge in [0.05, 0.1) is 24.1 Å². The quantitative estimate of drug-likeness (QED) is 0.441. The number of nitrogens with two attached hydrogens (primary N) is 1. The average Bonchev–Trinajstić information content (AvgIpc) is 3.16. The van der Waals surface area contributed by atoms with Crippen LogP contribution in [0.3, 0.4) is 0 Å². The predicted octanol–water partition coefficient (Wildman–Crippen LogP) is 1.93. The Morgan fingerprint density at radius 1 is 1.31 bits per heavy atom. The number of halogens is 1. The molecule has 1 aromatic carbocycles. The summed E-state index contributed by atoms with van der Waals surface area (Å²) < 4.78 is 24.7. The number of nitrogens with one attached hydrogen (secondary N) is 1. The van der Waals surface area contributed by atoms with E-state index in [1.807, 2.05) is 0 Å². The van der Waals surface area contributed by atoms with Crippen molar-refractivity contribution in [1.29, 1.82) is 0 Å². The van der Waals surface area contributed by atoms with E-state index >= 15 is 0 Å². The minimum absolute atomic E-state index is 0.167. The normalized spacial score (nSPS) is 22.9. The Labute approximate surface area is 153 Å². The highest BCUT2D eigenvalue weighted by Crippen LogP contribution is 2.23. The van der Waals surface area contributed by atoms with E-state index < -0.39 is 0 Å². The molecule has 2 aliphatic heterocycles. The van der Waals surface area contributed by atoms with Gasteiger partial charge in [0.2, 0.25) is 0 Å². The van der Waals surface area contributed by atoms with Crippen LogP contribution >= 0.6 is 0 Å². The van der Waals surface area contributed by atoms with Crippen LogP contribution in [0.2, 0.25) is 0 Å². The molecule has 0 saturated carbocycles. The van der Waals surface area contributed by atoms with Crippen LogP contribution in [-0.2, 0) is 9.47 Å². The van der Waals surface area contributed by atoms with Crippen LogP contribution in [0.1, 0.15) is 24.8 Å². The Bertz CT molecular complexity index is 629. The van der Waals surface area contributed by atoms with Crippen LogP contribution in [0.15, 0.2) is 35.0 Å². The van der Waals surface area contributed by atoms with E-state index in [0.29, 0.717) is 24.0 Å². The summed E-state index contributed by atoms with van der Waals surface area (Å²) in [5.41, 5.74) is 4.62. The van der Waals surface area contributed by atoms with Crippen molar-refractivity contribution in [2.24, 2.45) is 10.8 Å². The highest BCUT2D eigenvalue weighted by atomic mass is 19.1. The van der Waals surface area contributed by atoms with Crippen molar-refractivity contribution in [3.63, 3.8) is 0 Å². The molecule has 26 heavy (non-hydrogen) atoms. The minimum Gasteiger partial charge on any atom is -0.381 e. The van der Waals surface area contributed by atoms with Gasteiger partial charge in [-0.1, -0.05) is 0 Å². The molecule has 0 radical (unpaired) electrons. The zero-order valence-corrected chi connectivity index (χ0v) is 15.0. The van der Waals surface area contributed by atoms with Crippen LogP contribution < -0.4 is 11.3 Å². The summed E-state index contributed by atoms with van der Waals surface area (Å²) in [6.07, 6.45) is 3.36. The molecule has 2 fully saturated rings. The van der Waals surface area contributed by atoms with Crippen molar-refractivity contribution < 1.29 is 13.9 Å². The minimum atomic E-state index is -0.296. The van der Waals surface area contributed by atoms with Gasteiger partial charge >= 0.3 is 0 Å². The van der Waals surface area contributed by atoms with Crippen molar-refractivity contribution in [2.45, 2.75) is 31.4 Å². The van der Waals surface area contributed by atoms with Gasteiger partial charge in [0.15, 0.2) is 0 Å². The van der Waals surface area contributed by atoms with E-state index in [0.717, 1.165) is 51.1 Å². The standard InChI is InChI=1S/C19H27FN4O2/c1-22-19(14-2-4-15(20)5-3-14)18(23-21)13-26-17-6-9-24(12-17)16-7-10-25-11-8-16/h2-5,16-17,23H,1,6-13,21H2/b19-18-. The molecule has 0 spiro atoms. The monoisotopic (exact) mass is 362 g/mol. The fourth-order valence-corrected chi connectivity index (χ4v) is 3.62. The van der Waals surface area contributed by atoms with Crippen LogP contribution in [-0.4, -0.2) is 56.7 Å². The molecule has 142 valence electrons. The highest BCUT2D eigenvalue weighted by molar-refractivity contribution is 5.70. The number of hydrogen-bond donors (Lipinski definition) is 2. The summed E-state index contributed by atoms with van der Waals surface area (Å²) in [6, 6.07) is 6.68. The lowest BCUT2D eigenvalue weighted by molar-refractivity contribution is 0.0289. The molecular weight excluding hydrogens is 335 g/mol. The number of ether oxygens (including phenoxy) is 2. The number of hydrogen-bond acceptors (Lipinski definition) is 6. The summed E-state index contributed by atoms with van der Waals surface area (Å²) >= 11 is 0. The van der Waals surface area contributed by atoms with E-state index in [1.165, 1.54) is 12.1 Å². The molecule has 0 aromatic heterocycles. The Morgan fingerprint density at radius 2 is 2.04 bits per heavy atom. The van der Waals surface area contributed by atoms with Crippen molar-refractivity contribution in [1.82, 2.24) is 10.3 Å². The van der Waals surface area contributed by atoms with Crippen molar-refractivity contribution in [2.75, 3.05) is 32.9 Å². The topological polar surface area (TPSA) is 72.1 Å². The SMILES string of the molecule is C=N/C(=C(/COC1CCN(C2CCOCC2)C1)NN)c1ccc(F)cc1. The highest BCUT2D eigenvalue weighted by Gasteiger charge is 2.30. The zero-order chi connectivity index (χ0) is 18.4. The van der Waals surface area contributed by atoms with Gasteiger partial charge in [-0.15, -0.1) is 0 Å². The number of hydrazine groups is 1. The zero-order valence-electron chi connectivity index (χ0n) is 15.0. The first-order valence-corrected chi connectivity index (χ1v) is 9.07. The third-order valence-corrected chi connectivity index (χ3v) is 5.08. The second-order valence-electron chi connectivity index (χ2n) is 6.70. The Hall–Kier alpha value is -1.80. The van der Waals surface area contributed by atoms with Gasteiger partial charge in [-0.05, 0) is 50.2 Å². The Morgan fingerprint density at radius 3 is 2.69 bits per heavy atom. The molecule has 3 N–H and O–H groups in total. The molecule has 1 unspecified atom stereocenters. The number of benzene rings is 1. The number of likely N-dealkylation sites (tertiary alicyclic amines) is 1. The molecule has 7 heteroatoms. The number of nitrogens with zero attached hydrogens (tertiary/aromatic N) is 2. The number of aliphatic imine (C=N–C) groups is 1. The van der Waals surface area contributed by atoms with E-state index in [-0.39, 0.29) is 11.9 Å². The summed E-state index contributed by atoms with van der Waals surface area (Å²) in [6.45, 7) is 7.60. The lowest BCUT2D eigenvalue weighted by atomic mass is 10.1. The molecule has 3 rings (SSSR count). The average molecular weight is 362 g/mol. The molecule has 2 saturated heterocycles. The third-order valence-electron chi connectivity index (χ3n) is 5.08. The van der Waals surface area contributed by atoms with Gasteiger partial charge in [0, 0.05) is 37.9 Å². The molecular formula is C19H27FN4O2. The fourth-order valence-electron chi connectivity index (χ4n) is 3.62. The first-order valence-electron chi connectivity index (χ1n) is 9.07. The molecule has 1 atom stereocenters. The summed E-state index contributed by atoms with van der Waals surface area (Å²) in [5.74, 6) is 5.37. The van der Waals surface area contributed by atoms with Crippen LogP contribution in [0.25, 0.3) is 5.70 Å². The fraction of sp³-hybridized carbons (Fsp3) is 0.526. The van der Waals surface area contributed by atoms with Crippen LogP contribution in [0.5, 0.6) is 0 Å².